The first kappa shape index (κ1) is 26.2. The minimum Gasteiger partial charge on any atom is -0.369 e. The summed E-state index contributed by atoms with van der Waals surface area (Å²) in [7, 11) is 0. The lowest BCUT2D eigenvalue weighted by Gasteiger charge is -2.03. The third kappa shape index (κ3) is 31.2. The van der Waals surface area contributed by atoms with Crippen LogP contribution in [0.15, 0.2) is 0 Å². The molecule has 4 nitrogen and oxygen atoms in total. The van der Waals surface area contributed by atoms with Crippen LogP contribution in [0.25, 0.3) is 0 Å². The topological polar surface area (TPSA) is 92.9 Å². The molecule has 0 unspecified atom stereocenters. The monoisotopic (exact) mass is 353 g/mol. The van der Waals surface area contributed by atoms with Crippen molar-refractivity contribution in [2.75, 3.05) is 6.54 Å². The van der Waals surface area contributed by atoms with Gasteiger partial charge in [-0.15, -0.1) is 0 Å². The summed E-state index contributed by atoms with van der Waals surface area (Å²) in [5, 5.41) is 7.69. The second-order valence-corrected chi connectivity index (χ2v) is 6.89. The van der Waals surface area contributed by atoms with Crippen molar-refractivity contribution in [3.05, 3.63) is 0 Å². The highest BCUT2D eigenvalue weighted by molar-refractivity contribution is 5.75. The summed E-state index contributed by atoms with van der Waals surface area (Å²) in [5.74, 6) is -0.572. The molecule has 0 atom stereocenters. The van der Waals surface area contributed by atoms with E-state index in [1.54, 1.807) is 6.07 Å². The molecular weight excluding hydrogens is 310 g/mol. The van der Waals surface area contributed by atoms with Crippen molar-refractivity contribution < 1.29 is 4.79 Å². The van der Waals surface area contributed by atoms with Gasteiger partial charge in [-0.1, -0.05) is 103 Å². The van der Waals surface area contributed by atoms with Crippen LogP contribution in [0.3, 0.4) is 0 Å². The Bertz CT molecular complexity index is 284. The van der Waals surface area contributed by atoms with Gasteiger partial charge in [-0.05, 0) is 13.0 Å². The molecule has 4 N–H and O–H groups in total. The number of primary amides is 1. The van der Waals surface area contributed by atoms with Crippen LogP contribution in [0.5, 0.6) is 0 Å². The normalized spacial score (nSPS) is 9.96. The molecule has 0 aliphatic heterocycles. The number of rotatable bonds is 17. The average molecular weight is 354 g/mol. The van der Waals surface area contributed by atoms with Gasteiger partial charge in [0.2, 0.25) is 5.91 Å². The zero-order chi connectivity index (χ0) is 19.0. The van der Waals surface area contributed by atoms with Gasteiger partial charge in [0.15, 0.2) is 0 Å². The maximum Gasteiger partial charge on any atom is 0.231 e. The molecule has 0 aliphatic rings. The molecular formula is C21H43N3O. The number of carbonyl (C=O) groups excluding carboxylic acids is 1. The second-order valence-electron chi connectivity index (χ2n) is 6.89. The highest BCUT2D eigenvalue weighted by atomic mass is 16.1. The fourth-order valence-electron chi connectivity index (χ4n) is 2.77. The molecule has 0 spiro atoms. The number of unbranched alkanes of at least 4 members (excludes halogenated alkanes) is 15. The van der Waals surface area contributed by atoms with E-state index in [4.69, 9.17) is 11.0 Å². The smallest absolute Gasteiger partial charge is 0.231 e. The predicted molar refractivity (Wildman–Crippen MR) is 108 cm³/mol. The summed E-state index contributed by atoms with van der Waals surface area (Å²) in [5.41, 5.74) is 10.0. The minimum atomic E-state index is -0.572. The Morgan fingerprint density at radius 1 is 0.720 bits per heavy atom. The summed E-state index contributed by atoms with van der Waals surface area (Å²) >= 11 is 0. The molecule has 0 saturated carbocycles. The zero-order valence-corrected chi connectivity index (χ0v) is 16.7. The van der Waals surface area contributed by atoms with Gasteiger partial charge in [-0.3, -0.25) is 4.79 Å². The lowest BCUT2D eigenvalue weighted by Crippen LogP contribution is -2.07. The van der Waals surface area contributed by atoms with Crippen LogP contribution < -0.4 is 11.5 Å². The maximum absolute atomic E-state index is 9.60. The maximum atomic E-state index is 9.60. The molecule has 25 heavy (non-hydrogen) atoms. The van der Waals surface area contributed by atoms with Gasteiger partial charge < -0.3 is 11.5 Å². The molecule has 0 heterocycles. The highest BCUT2D eigenvalue weighted by Gasteiger charge is 1.94. The Balaban J connectivity index is 0. The number of carbonyl (C=O) groups is 1. The van der Waals surface area contributed by atoms with Crippen molar-refractivity contribution in [3.8, 4) is 6.07 Å². The Labute approximate surface area is 156 Å². The Hall–Kier alpha value is -1.08. The number of amides is 1. The molecule has 0 aliphatic carbocycles. The van der Waals surface area contributed by atoms with E-state index in [0.29, 0.717) is 0 Å². The standard InChI is InChI=1S/C18H39N.C3H4N2O/c1-2-3-4-5-6-7-8-9-10-11-12-13-14-15-16-17-18-19;4-2-1-3(5)6/h2-19H2,1H3;1H2,(H2,5,6). The van der Waals surface area contributed by atoms with Crippen LogP contribution in [0.4, 0.5) is 0 Å². The average Bonchev–Trinajstić information content (AvgIpc) is 2.59. The lowest BCUT2D eigenvalue weighted by atomic mass is 10.0. The highest BCUT2D eigenvalue weighted by Crippen LogP contribution is 2.13. The number of nitrogens with zero attached hydrogens (tertiary/aromatic N) is 1. The molecule has 1 amide bonds. The van der Waals surface area contributed by atoms with Crippen LogP contribution in [0, 0.1) is 11.3 Å². The van der Waals surface area contributed by atoms with Crippen molar-refractivity contribution in [1.29, 1.82) is 5.26 Å². The van der Waals surface area contributed by atoms with Crippen molar-refractivity contribution >= 4 is 5.91 Å². The summed E-state index contributed by atoms with van der Waals surface area (Å²) in [6, 6.07) is 1.59. The Kier molecular flexibility index (Phi) is 26.3. The van der Waals surface area contributed by atoms with Crippen molar-refractivity contribution in [3.63, 3.8) is 0 Å². The summed E-state index contributed by atoms with van der Waals surface area (Å²) in [6.07, 6.45) is 22.7. The third-order valence-electron chi connectivity index (χ3n) is 4.31. The third-order valence-corrected chi connectivity index (χ3v) is 4.31. The first-order chi connectivity index (χ1) is 12.2. The van der Waals surface area contributed by atoms with Crippen LogP contribution in [-0.4, -0.2) is 12.5 Å². The molecule has 0 aromatic rings. The van der Waals surface area contributed by atoms with E-state index in [9.17, 15) is 4.79 Å². The molecule has 4 heteroatoms. The number of nitriles is 1. The summed E-state index contributed by atoms with van der Waals surface area (Å²) in [4.78, 5) is 9.60. The number of nitrogens with two attached hydrogens (primary N) is 2. The van der Waals surface area contributed by atoms with Crippen LogP contribution >= 0.6 is 0 Å². The van der Waals surface area contributed by atoms with Gasteiger partial charge in [0, 0.05) is 0 Å². The first-order valence-corrected chi connectivity index (χ1v) is 10.5. The largest absolute Gasteiger partial charge is 0.369 e. The zero-order valence-electron chi connectivity index (χ0n) is 16.7. The fourth-order valence-corrected chi connectivity index (χ4v) is 2.77. The molecule has 0 radical (unpaired) electrons. The fraction of sp³-hybridized carbons (Fsp3) is 0.905. The van der Waals surface area contributed by atoms with Crippen LogP contribution in [-0.2, 0) is 4.79 Å². The van der Waals surface area contributed by atoms with Gasteiger partial charge >= 0.3 is 0 Å². The first-order valence-electron chi connectivity index (χ1n) is 10.5. The van der Waals surface area contributed by atoms with E-state index in [1.165, 1.54) is 103 Å². The van der Waals surface area contributed by atoms with Crippen LogP contribution in [0.2, 0.25) is 0 Å². The van der Waals surface area contributed by atoms with Gasteiger partial charge in [-0.2, -0.15) is 5.26 Å². The van der Waals surface area contributed by atoms with E-state index in [2.05, 4.69) is 12.7 Å². The molecule has 148 valence electrons. The number of hydrogen-bond donors (Lipinski definition) is 2. The van der Waals surface area contributed by atoms with Crippen LogP contribution in [0.1, 0.15) is 116 Å². The van der Waals surface area contributed by atoms with E-state index in [-0.39, 0.29) is 6.42 Å². The molecule has 0 aromatic heterocycles. The molecule has 0 bridgehead atoms. The molecule has 0 aromatic carbocycles. The van der Waals surface area contributed by atoms with Crippen molar-refractivity contribution in [2.45, 2.75) is 116 Å². The van der Waals surface area contributed by atoms with Gasteiger partial charge in [0.05, 0.1) is 6.07 Å². The van der Waals surface area contributed by atoms with E-state index in [1.807, 2.05) is 0 Å². The van der Waals surface area contributed by atoms with Gasteiger partial charge in [0.1, 0.15) is 6.42 Å². The Morgan fingerprint density at radius 2 is 1.04 bits per heavy atom. The lowest BCUT2D eigenvalue weighted by molar-refractivity contribution is -0.117. The Morgan fingerprint density at radius 3 is 1.24 bits per heavy atom. The van der Waals surface area contributed by atoms with Gasteiger partial charge in [0.25, 0.3) is 0 Å². The second kappa shape index (κ2) is 25.2. The van der Waals surface area contributed by atoms with E-state index in [0.717, 1.165) is 6.54 Å². The summed E-state index contributed by atoms with van der Waals surface area (Å²) in [6.45, 7) is 3.16. The van der Waals surface area contributed by atoms with Crippen molar-refractivity contribution in [1.82, 2.24) is 0 Å². The van der Waals surface area contributed by atoms with E-state index >= 15 is 0 Å². The SMILES string of the molecule is CCCCCCCCCCCCCCCCCCN.N#CCC(N)=O. The summed E-state index contributed by atoms with van der Waals surface area (Å²) < 4.78 is 0. The number of hydrogen-bond acceptors (Lipinski definition) is 3. The molecule has 0 saturated heterocycles. The van der Waals surface area contributed by atoms with Crippen molar-refractivity contribution in [2.24, 2.45) is 11.5 Å². The molecule has 0 fully saturated rings. The van der Waals surface area contributed by atoms with Gasteiger partial charge in [-0.25, -0.2) is 0 Å². The molecule has 0 rings (SSSR count). The minimum absolute atomic E-state index is 0.181. The van der Waals surface area contributed by atoms with E-state index < -0.39 is 5.91 Å². The quantitative estimate of drug-likeness (QED) is 0.334. The predicted octanol–water partition coefficient (Wildman–Crippen LogP) is 5.59.